The molecular formula is C16H23N3O2. The molecule has 5 nitrogen and oxygen atoms in total. The van der Waals surface area contributed by atoms with Gasteiger partial charge in [-0.25, -0.2) is 5.43 Å². The average Bonchev–Trinajstić information content (AvgIpc) is 2.54. The Morgan fingerprint density at radius 3 is 2.48 bits per heavy atom. The highest BCUT2D eigenvalue weighted by molar-refractivity contribution is 5.95. The van der Waals surface area contributed by atoms with E-state index in [0.717, 1.165) is 43.9 Å². The molecule has 114 valence electrons. The minimum Gasteiger partial charge on any atom is -0.494 e. The number of carbonyl (C=O) groups is 1. The molecule has 5 heteroatoms. The Labute approximate surface area is 126 Å². The van der Waals surface area contributed by atoms with E-state index in [1.165, 1.54) is 0 Å². The standard InChI is InChI=1S/C16H23N3O2/c1-3-19-11-9-14(10-12-19)17-18-16(20)13-5-7-15(8-6-13)21-4-2/h5-8H,3-4,9-12H2,1-2H3,(H,18,20). The fourth-order valence-corrected chi connectivity index (χ4v) is 2.30. The Bertz CT molecular complexity index is 487. The normalized spacial score (nSPS) is 15.6. The highest BCUT2D eigenvalue weighted by atomic mass is 16.5. The lowest BCUT2D eigenvalue weighted by molar-refractivity contribution is 0.0954. The van der Waals surface area contributed by atoms with Gasteiger partial charge in [0.25, 0.3) is 5.91 Å². The van der Waals surface area contributed by atoms with E-state index in [1.54, 1.807) is 24.3 Å². The van der Waals surface area contributed by atoms with E-state index in [9.17, 15) is 4.79 Å². The van der Waals surface area contributed by atoms with Gasteiger partial charge in [-0.15, -0.1) is 0 Å². The molecule has 2 rings (SSSR count). The van der Waals surface area contributed by atoms with Crippen LogP contribution in [0.2, 0.25) is 0 Å². The van der Waals surface area contributed by atoms with Gasteiger partial charge in [0.1, 0.15) is 5.75 Å². The molecule has 0 aromatic heterocycles. The van der Waals surface area contributed by atoms with Gasteiger partial charge in [-0.3, -0.25) is 4.79 Å². The first kappa shape index (κ1) is 15.5. The zero-order valence-electron chi connectivity index (χ0n) is 12.8. The van der Waals surface area contributed by atoms with Gasteiger partial charge < -0.3 is 9.64 Å². The number of nitrogens with zero attached hydrogens (tertiary/aromatic N) is 2. The summed E-state index contributed by atoms with van der Waals surface area (Å²) in [6.45, 7) is 7.83. The monoisotopic (exact) mass is 289 g/mol. The van der Waals surface area contributed by atoms with E-state index in [2.05, 4.69) is 22.4 Å². The molecule has 21 heavy (non-hydrogen) atoms. The maximum absolute atomic E-state index is 12.0. The van der Waals surface area contributed by atoms with Crippen LogP contribution < -0.4 is 10.2 Å². The molecule has 0 unspecified atom stereocenters. The van der Waals surface area contributed by atoms with Gasteiger partial charge in [-0.2, -0.15) is 5.10 Å². The van der Waals surface area contributed by atoms with E-state index < -0.39 is 0 Å². The molecule has 1 aliphatic heterocycles. The average molecular weight is 289 g/mol. The van der Waals surface area contributed by atoms with Gasteiger partial charge in [0.05, 0.1) is 6.61 Å². The summed E-state index contributed by atoms with van der Waals surface area (Å²) in [5.74, 6) is 0.593. The Balaban J connectivity index is 1.86. The number of nitrogens with one attached hydrogen (secondary N) is 1. The van der Waals surface area contributed by atoms with Crippen LogP contribution in [-0.4, -0.2) is 42.8 Å². The summed E-state index contributed by atoms with van der Waals surface area (Å²) in [5.41, 5.74) is 4.30. The number of hydrazone groups is 1. The summed E-state index contributed by atoms with van der Waals surface area (Å²) < 4.78 is 5.35. The third-order valence-corrected chi connectivity index (χ3v) is 3.62. The fourth-order valence-electron chi connectivity index (χ4n) is 2.30. The third-order valence-electron chi connectivity index (χ3n) is 3.62. The summed E-state index contributed by atoms with van der Waals surface area (Å²) in [6, 6.07) is 7.09. The maximum Gasteiger partial charge on any atom is 0.271 e. The van der Waals surface area contributed by atoms with Crippen molar-refractivity contribution >= 4 is 11.6 Å². The molecule has 0 radical (unpaired) electrons. The highest BCUT2D eigenvalue weighted by Crippen LogP contribution is 2.12. The Kier molecular flexibility index (Phi) is 5.75. The number of benzene rings is 1. The van der Waals surface area contributed by atoms with E-state index in [0.29, 0.717) is 12.2 Å². The highest BCUT2D eigenvalue weighted by Gasteiger charge is 2.13. The second kappa shape index (κ2) is 7.78. The molecule has 1 fully saturated rings. The van der Waals surface area contributed by atoms with Gasteiger partial charge in [0, 0.05) is 37.2 Å². The smallest absolute Gasteiger partial charge is 0.271 e. The zero-order valence-corrected chi connectivity index (χ0v) is 12.8. The summed E-state index contributed by atoms with van der Waals surface area (Å²) >= 11 is 0. The van der Waals surface area contributed by atoms with Crippen molar-refractivity contribution < 1.29 is 9.53 Å². The van der Waals surface area contributed by atoms with E-state index >= 15 is 0 Å². The summed E-state index contributed by atoms with van der Waals surface area (Å²) in [4.78, 5) is 14.4. The number of hydrogen-bond donors (Lipinski definition) is 1. The number of likely N-dealkylation sites (tertiary alicyclic amines) is 1. The summed E-state index contributed by atoms with van der Waals surface area (Å²) in [6.07, 6.45) is 1.86. The number of ether oxygens (including phenoxy) is 1. The number of piperidine rings is 1. The van der Waals surface area contributed by atoms with Crippen molar-refractivity contribution in [2.24, 2.45) is 5.10 Å². The Hall–Kier alpha value is -1.88. The van der Waals surface area contributed by atoms with Crippen LogP contribution in [0, 0.1) is 0 Å². The van der Waals surface area contributed by atoms with Crippen LogP contribution in [0.1, 0.15) is 37.0 Å². The van der Waals surface area contributed by atoms with Crippen LogP contribution in [0.3, 0.4) is 0 Å². The van der Waals surface area contributed by atoms with Crippen molar-refractivity contribution in [3.8, 4) is 5.75 Å². The molecule has 0 aliphatic carbocycles. The van der Waals surface area contributed by atoms with Crippen LogP contribution in [0.15, 0.2) is 29.4 Å². The lowest BCUT2D eigenvalue weighted by atomic mass is 10.1. The van der Waals surface area contributed by atoms with Gasteiger partial charge in [0.2, 0.25) is 0 Å². The first-order chi connectivity index (χ1) is 10.2. The van der Waals surface area contributed by atoms with Crippen molar-refractivity contribution in [1.29, 1.82) is 0 Å². The number of carbonyl (C=O) groups excluding carboxylic acids is 1. The first-order valence-electron chi connectivity index (χ1n) is 7.54. The van der Waals surface area contributed by atoms with Crippen LogP contribution in [0.5, 0.6) is 5.75 Å². The van der Waals surface area contributed by atoms with Gasteiger partial charge in [-0.05, 0) is 37.7 Å². The summed E-state index contributed by atoms with van der Waals surface area (Å²) in [7, 11) is 0. The van der Waals surface area contributed by atoms with Gasteiger partial charge in [-0.1, -0.05) is 6.92 Å². The third kappa shape index (κ3) is 4.56. The van der Waals surface area contributed by atoms with Crippen LogP contribution in [-0.2, 0) is 0 Å². The van der Waals surface area contributed by atoms with Crippen LogP contribution in [0.4, 0.5) is 0 Å². The molecule has 0 atom stereocenters. The molecule has 1 amide bonds. The van der Waals surface area contributed by atoms with Gasteiger partial charge >= 0.3 is 0 Å². The molecule has 0 bridgehead atoms. The molecule has 1 aliphatic rings. The molecule has 1 N–H and O–H groups in total. The van der Waals surface area contributed by atoms with Gasteiger partial charge in [0.15, 0.2) is 0 Å². The van der Waals surface area contributed by atoms with Crippen LogP contribution >= 0.6 is 0 Å². The van der Waals surface area contributed by atoms with E-state index in [4.69, 9.17) is 4.74 Å². The van der Waals surface area contributed by atoms with Crippen molar-refractivity contribution in [1.82, 2.24) is 10.3 Å². The van der Waals surface area contributed by atoms with E-state index in [-0.39, 0.29) is 5.91 Å². The van der Waals surface area contributed by atoms with Crippen LogP contribution in [0.25, 0.3) is 0 Å². The number of amides is 1. The predicted molar refractivity (Wildman–Crippen MR) is 83.9 cm³/mol. The van der Waals surface area contributed by atoms with Crippen molar-refractivity contribution in [3.63, 3.8) is 0 Å². The Morgan fingerprint density at radius 2 is 1.90 bits per heavy atom. The molecule has 0 spiro atoms. The van der Waals surface area contributed by atoms with Crippen molar-refractivity contribution in [2.75, 3.05) is 26.2 Å². The summed E-state index contributed by atoms with van der Waals surface area (Å²) in [5, 5.41) is 4.25. The quantitative estimate of drug-likeness (QED) is 0.846. The molecule has 1 aromatic rings. The van der Waals surface area contributed by atoms with E-state index in [1.807, 2.05) is 6.92 Å². The second-order valence-corrected chi connectivity index (χ2v) is 5.01. The minimum absolute atomic E-state index is 0.177. The Morgan fingerprint density at radius 1 is 1.24 bits per heavy atom. The molecule has 1 heterocycles. The lowest BCUT2D eigenvalue weighted by Gasteiger charge is -2.25. The lowest BCUT2D eigenvalue weighted by Crippen LogP contribution is -2.34. The predicted octanol–water partition coefficient (Wildman–Crippen LogP) is 2.29. The second-order valence-electron chi connectivity index (χ2n) is 5.01. The minimum atomic E-state index is -0.177. The number of hydrogen-bond acceptors (Lipinski definition) is 4. The fraction of sp³-hybridized carbons (Fsp3) is 0.500. The maximum atomic E-state index is 12.0. The molecular weight excluding hydrogens is 266 g/mol. The SMILES string of the molecule is CCOc1ccc(C(=O)NN=C2CCN(CC)CC2)cc1. The molecule has 0 saturated carbocycles. The largest absolute Gasteiger partial charge is 0.494 e. The topological polar surface area (TPSA) is 53.9 Å². The molecule has 1 saturated heterocycles. The van der Waals surface area contributed by atoms with Crippen molar-refractivity contribution in [2.45, 2.75) is 26.7 Å². The number of rotatable bonds is 5. The zero-order chi connectivity index (χ0) is 15.1. The van der Waals surface area contributed by atoms with Crippen molar-refractivity contribution in [3.05, 3.63) is 29.8 Å². The first-order valence-corrected chi connectivity index (χ1v) is 7.54. The molecule has 1 aromatic carbocycles.